The zero-order valence-electron chi connectivity index (χ0n) is 15.7. The fourth-order valence-corrected chi connectivity index (χ4v) is 3.72. The second-order valence-corrected chi connectivity index (χ2v) is 7.20. The molecule has 0 spiro atoms. The number of aryl methyl sites for hydroxylation is 1. The lowest BCUT2D eigenvalue weighted by Crippen LogP contribution is -2.35. The van der Waals surface area contributed by atoms with Gasteiger partial charge in [0.15, 0.2) is 5.69 Å². The van der Waals surface area contributed by atoms with Crippen molar-refractivity contribution < 1.29 is 9.90 Å². The number of carbonyl (C=O) groups excluding carboxylic acids is 1. The molecule has 1 atom stereocenters. The number of hydrogen-bond donors (Lipinski definition) is 2. The summed E-state index contributed by atoms with van der Waals surface area (Å²) in [5, 5.41) is 18.1. The molecule has 2 N–H and O–H groups in total. The molecule has 6 heteroatoms. The molecule has 2 aromatic heterocycles. The van der Waals surface area contributed by atoms with Crippen molar-refractivity contribution in [2.45, 2.75) is 38.3 Å². The predicted octanol–water partition coefficient (Wildman–Crippen LogP) is 3.06. The third kappa shape index (κ3) is 3.97. The Labute approximate surface area is 164 Å². The second-order valence-electron chi connectivity index (χ2n) is 7.20. The molecule has 0 fully saturated rings. The third-order valence-corrected chi connectivity index (χ3v) is 5.25. The minimum Gasteiger partial charge on any atom is -0.387 e. The predicted molar refractivity (Wildman–Crippen MR) is 106 cm³/mol. The van der Waals surface area contributed by atoms with Gasteiger partial charge in [-0.1, -0.05) is 30.3 Å². The van der Waals surface area contributed by atoms with E-state index in [0.717, 1.165) is 48.1 Å². The Morgan fingerprint density at radius 1 is 1.11 bits per heavy atom. The van der Waals surface area contributed by atoms with Crippen LogP contribution in [0.4, 0.5) is 0 Å². The van der Waals surface area contributed by atoms with Gasteiger partial charge in [0.25, 0.3) is 5.91 Å². The summed E-state index contributed by atoms with van der Waals surface area (Å²) >= 11 is 0. The fourth-order valence-electron chi connectivity index (χ4n) is 3.72. The van der Waals surface area contributed by atoms with Crippen LogP contribution in [-0.4, -0.2) is 37.6 Å². The lowest BCUT2D eigenvalue weighted by atomic mass is 9.95. The molecule has 1 amide bonds. The zero-order valence-corrected chi connectivity index (χ0v) is 15.7. The highest BCUT2D eigenvalue weighted by molar-refractivity contribution is 5.94. The fraction of sp³-hybridized carbons (Fsp3) is 0.318. The van der Waals surface area contributed by atoms with Gasteiger partial charge in [0.1, 0.15) is 0 Å². The number of pyridine rings is 1. The summed E-state index contributed by atoms with van der Waals surface area (Å²) < 4.78 is 0. The molecule has 0 radical (unpaired) electrons. The normalized spacial score (nSPS) is 14.3. The minimum absolute atomic E-state index is 0.147. The third-order valence-electron chi connectivity index (χ3n) is 5.25. The Morgan fingerprint density at radius 2 is 1.86 bits per heavy atom. The molecule has 0 saturated heterocycles. The lowest BCUT2D eigenvalue weighted by Gasteiger charge is -2.26. The highest BCUT2D eigenvalue weighted by Crippen LogP contribution is 2.24. The van der Waals surface area contributed by atoms with Crippen LogP contribution in [0.3, 0.4) is 0 Å². The summed E-state index contributed by atoms with van der Waals surface area (Å²) in [7, 11) is 0. The molecule has 1 aliphatic rings. The van der Waals surface area contributed by atoms with Crippen LogP contribution in [0, 0.1) is 0 Å². The van der Waals surface area contributed by atoms with Crippen molar-refractivity contribution in [3.05, 3.63) is 82.9 Å². The Balaban J connectivity index is 1.60. The first-order valence-corrected chi connectivity index (χ1v) is 9.69. The summed E-state index contributed by atoms with van der Waals surface area (Å²) in [4.78, 5) is 19.1. The standard InChI is InChI=1S/C22H24N4O2/c27-20(17-6-2-1-3-7-17)15-26(14-16-10-12-23-13-11-16)22(28)21-18-8-4-5-9-19(18)24-25-21/h1-3,6-7,10-13,20,27H,4-5,8-9,14-15H2,(H,24,25)/t20-/m1/s1. The molecular formula is C22H24N4O2. The van der Waals surface area contributed by atoms with E-state index in [1.165, 1.54) is 0 Å². The van der Waals surface area contributed by atoms with Gasteiger partial charge in [-0.25, -0.2) is 0 Å². The first kappa shape index (κ1) is 18.4. The molecule has 1 aromatic carbocycles. The van der Waals surface area contributed by atoms with Crippen molar-refractivity contribution >= 4 is 5.91 Å². The number of aliphatic hydroxyl groups excluding tert-OH is 1. The van der Waals surface area contributed by atoms with Gasteiger partial charge in [0.05, 0.1) is 12.6 Å². The van der Waals surface area contributed by atoms with Crippen LogP contribution in [0.1, 0.15) is 51.8 Å². The van der Waals surface area contributed by atoms with Crippen LogP contribution >= 0.6 is 0 Å². The van der Waals surface area contributed by atoms with E-state index >= 15 is 0 Å². The molecule has 0 unspecified atom stereocenters. The van der Waals surface area contributed by atoms with Gasteiger partial charge in [0.2, 0.25) is 0 Å². The number of benzene rings is 1. The molecule has 0 aliphatic heterocycles. The summed E-state index contributed by atoms with van der Waals surface area (Å²) in [6.45, 7) is 0.597. The topological polar surface area (TPSA) is 82.1 Å². The average molecular weight is 376 g/mol. The summed E-state index contributed by atoms with van der Waals surface area (Å²) in [6, 6.07) is 13.2. The number of amides is 1. The number of aliphatic hydroxyl groups is 1. The van der Waals surface area contributed by atoms with E-state index < -0.39 is 6.10 Å². The van der Waals surface area contributed by atoms with Gasteiger partial charge in [-0.3, -0.25) is 14.9 Å². The van der Waals surface area contributed by atoms with E-state index in [1.54, 1.807) is 17.3 Å². The highest BCUT2D eigenvalue weighted by atomic mass is 16.3. The van der Waals surface area contributed by atoms with Crippen LogP contribution in [0.25, 0.3) is 0 Å². The number of carbonyl (C=O) groups is 1. The number of aromatic amines is 1. The number of aromatic nitrogens is 3. The number of fused-ring (bicyclic) bond motifs is 1. The molecule has 4 rings (SSSR count). The van der Waals surface area contributed by atoms with Crippen molar-refractivity contribution in [3.63, 3.8) is 0 Å². The summed E-state index contributed by atoms with van der Waals surface area (Å²) in [5.41, 5.74) is 4.35. The average Bonchev–Trinajstić information content (AvgIpc) is 3.18. The molecule has 144 valence electrons. The molecule has 3 aromatic rings. The number of hydrogen-bond acceptors (Lipinski definition) is 4. The van der Waals surface area contributed by atoms with Crippen LogP contribution in [0.5, 0.6) is 0 Å². The Kier molecular flexibility index (Phi) is 5.48. The van der Waals surface area contributed by atoms with Gasteiger partial charge in [-0.05, 0) is 48.9 Å². The molecule has 0 saturated carbocycles. The van der Waals surface area contributed by atoms with Crippen LogP contribution in [0.2, 0.25) is 0 Å². The smallest absolute Gasteiger partial charge is 0.275 e. The molecule has 6 nitrogen and oxygen atoms in total. The maximum Gasteiger partial charge on any atom is 0.275 e. The number of nitrogens with zero attached hydrogens (tertiary/aromatic N) is 3. The van der Waals surface area contributed by atoms with Crippen molar-refractivity contribution in [3.8, 4) is 0 Å². The van der Waals surface area contributed by atoms with E-state index in [4.69, 9.17) is 0 Å². The number of H-pyrrole nitrogens is 1. The van der Waals surface area contributed by atoms with E-state index in [2.05, 4.69) is 15.2 Å². The quantitative estimate of drug-likeness (QED) is 0.693. The summed E-state index contributed by atoms with van der Waals surface area (Å²) in [5.74, 6) is -0.147. The van der Waals surface area contributed by atoms with Crippen LogP contribution in [-0.2, 0) is 19.4 Å². The van der Waals surface area contributed by atoms with Crippen molar-refractivity contribution in [2.75, 3.05) is 6.54 Å². The molecule has 0 bridgehead atoms. The highest BCUT2D eigenvalue weighted by Gasteiger charge is 2.27. The van der Waals surface area contributed by atoms with E-state index in [1.807, 2.05) is 42.5 Å². The van der Waals surface area contributed by atoms with Crippen LogP contribution < -0.4 is 0 Å². The van der Waals surface area contributed by atoms with Gasteiger partial charge < -0.3 is 10.0 Å². The first-order valence-electron chi connectivity index (χ1n) is 9.69. The monoisotopic (exact) mass is 376 g/mol. The maximum atomic E-state index is 13.4. The Bertz CT molecular complexity index is 924. The number of nitrogens with one attached hydrogen (secondary N) is 1. The second kappa shape index (κ2) is 8.35. The Morgan fingerprint density at radius 3 is 2.64 bits per heavy atom. The maximum absolute atomic E-state index is 13.4. The van der Waals surface area contributed by atoms with Crippen LogP contribution in [0.15, 0.2) is 54.9 Å². The van der Waals surface area contributed by atoms with Gasteiger partial charge in [-0.2, -0.15) is 5.10 Å². The van der Waals surface area contributed by atoms with Gasteiger partial charge in [0, 0.05) is 30.2 Å². The van der Waals surface area contributed by atoms with Crippen molar-refractivity contribution in [1.82, 2.24) is 20.1 Å². The number of rotatable bonds is 6. The molecule has 1 aliphatic carbocycles. The van der Waals surface area contributed by atoms with Crippen molar-refractivity contribution in [1.29, 1.82) is 0 Å². The lowest BCUT2D eigenvalue weighted by molar-refractivity contribution is 0.0597. The summed E-state index contributed by atoms with van der Waals surface area (Å²) in [6.07, 6.45) is 6.66. The molecule has 2 heterocycles. The van der Waals surface area contributed by atoms with Gasteiger partial charge >= 0.3 is 0 Å². The Hall–Kier alpha value is -2.99. The van der Waals surface area contributed by atoms with E-state index in [-0.39, 0.29) is 12.5 Å². The van der Waals surface area contributed by atoms with Crippen molar-refractivity contribution in [2.24, 2.45) is 0 Å². The zero-order chi connectivity index (χ0) is 19.3. The minimum atomic E-state index is -0.762. The SMILES string of the molecule is O=C(c1n[nH]c2c1CCCC2)N(Cc1ccncc1)C[C@@H](O)c1ccccc1. The van der Waals surface area contributed by atoms with E-state index in [9.17, 15) is 9.90 Å². The largest absolute Gasteiger partial charge is 0.387 e. The molecular weight excluding hydrogens is 352 g/mol. The molecule has 28 heavy (non-hydrogen) atoms. The first-order chi connectivity index (χ1) is 13.7. The van der Waals surface area contributed by atoms with Gasteiger partial charge in [-0.15, -0.1) is 0 Å². The van der Waals surface area contributed by atoms with E-state index in [0.29, 0.717) is 12.2 Å².